The highest BCUT2D eigenvalue weighted by Gasteiger charge is 2.26. The van der Waals surface area contributed by atoms with Crippen LogP contribution in [-0.2, 0) is 6.42 Å². The molecule has 1 amide bonds. The summed E-state index contributed by atoms with van der Waals surface area (Å²) < 4.78 is 14.0. The van der Waals surface area contributed by atoms with Gasteiger partial charge in [-0.3, -0.25) is 4.79 Å². The minimum Gasteiger partial charge on any atom is -0.317 e. The molecule has 3 heterocycles. The van der Waals surface area contributed by atoms with E-state index in [2.05, 4.69) is 20.5 Å². The lowest BCUT2D eigenvalue weighted by Crippen LogP contribution is -2.25. The van der Waals surface area contributed by atoms with Crippen molar-refractivity contribution in [2.45, 2.75) is 26.7 Å². The Morgan fingerprint density at radius 1 is 1.22 bits per heavy atom. The number of aromatic nitrogens is 3. The molecule has 0 atom stereocenters. The highest BCUT2D eigenvalue weighted by Crippen LogP contribution is 2.35. The number of carbonyl (C=O) groups is 1. The number of nitrogens with one attached hydrogen (secondary N) is 1. The molecular formula is C19H18FN5OS. The van der Waals surface area contributed by atoms with Crippen LogP contribution in [0, 0.1) is 19.7 Å². The fourth-order valence-electron chi connectivity index (χ4n) is 2.97. The van der Waals surface area contributed by atoms with Gasteiger partial charge >= 0.3 is 0 Å². The molecule has 0 unspecified atom stereocenters. The largest absolute Gasteiger partial charge is 0.317 e. The van der Waals surface area contributed by atoms with Gasteiger partial charge in [-0.15, -0.1) is 16.4 Å². The first-order valence-electron chi connectivity index (χ1n) is 8.66. The molecule has 27 heavy (non-hydrogen) atoms. The Labute approximate surface area is 160 Å². The van der Waals surface area contributed by atoms with Gasteiger partial charge in [0.15, 0.2) is 10.8 Å². The molecule has 1 aliphatic rings. The number of rotatable bonds is 3. The van der Waals surface area contributed by atoms with E-state index in [0.717, 1.165) is 41.3 Å². The Hall–Kier alpha value is -2.87. The van der Waals surface area contributed by atoms with Crippen molar-refractivity contribution in [2.75, 3.05) is 16.8 Å². The van der Waals surface area contributed by atoms with Gasteiger partial charge in [0, 0.05) is 11.4 Å². The standard InChI is InChI=1S/C19H18FN5OS/c1-11-5-7-14(13(20)10-11)21-18(26)19-22-17-15(27-19)4-3-9-25(17)16-8-6-12(2)23-24-16/h5-8,10H,3-4,9H2,1-2H3,(H,21,26). The first-order valence-corrected chi connectivity index (χ1v) is 9.48. The van der Waals surface area contributed by atoms with Crippen molar-refractivity contribution in [3.05, 3.63) is 57.3 Å². The summed E-state index contributed by atoms with van der Waals surface area (Å²) in [6, 6.07) is 8.50. The van der Waals surface area contributed by atoms with Crippen LogP contribution < -0.4 is 10.2 Å². The van der Waals surface area contributed by atoms with Gasteiger partial charge in [-0.2, -0.15) is 5.10 Å². The van der Waals surface area contributed by atoms with Crippen LogP contribution in [0.1, 0.15) is 32.4 Å². The van der Waals surface area contributed by atoms with Crippen molar-refractivity contribution in [1.82, 2.24) is 15.2 Å². The summed E-state index contributed by atoms with van der Waals surface area (Å²) in [6.07, 6.45) is 1.80. The lowest BCUT2D eigenvalue weighted by molar-refractivity contribution is 0.102. The molecule has 0 aliphatic carbocycles. The summed E-state index contributed by atoms with van der Waals surface area (Å²) in [5.74, 6) is 0.579. The Balaban J connectivity index is 1.60. The molecule has 0 spiro atoms. The summed E-state index contributed by atoms with van der Waals surface area (Å²) in [5.41, 5.74) is 1.79. The van der Waals surface area contributed by atoms with Crippen LogP contribution in [0.25, 0.3) is 0 Å². The summed E-state index contributed by atoms with van der Waals surface area (Å²) in [5, 5.41) is 11.3. The number of anilines is 3. The highest BCUT2D eigenvalue weighted by molar-refractivity contribution is 7.14. The van der Waals surface area contributed by atoms with E-state index in [-0.39, 0.29) is 5.69 Å². The monoisotopic (exact) mass is 383 g/mol. The number of halogens is 1. The van der Waals surface area contributed by atoms with E-state index in [1.165, 1.54) is 17.4 Å². The third kappa shape index (κ3) is 3.52. The number of benzene rings is 1. The average molecular weight is 383 g/mol. The number of thiazole rings is 1. The average Bonchev–Trinajstić information content (AvgIpc) is 3.09. The number of hydrogen-bond acceptors (Lipinski definition) is 6. The Morgan fingerprint density at radius 2 is 2.07 bits per heavy atom. The van der Waals surface area contributed by atoms with Gasteiger partial charge in [-0.25, -0.2) is 9.37 Å². The topological polar surface area (TPSA) is 71.0 Å². The van der Waals surface area contributed by atoms with Gasteiger partial charge in [-0.1, -0.05) is 6.07 Å². The summed E-state index contributed by atoms with van der Waals surface area (Å²) in [4.78, 5) is 20.1. The van der Waals surface area contributed by atoms with Crippen LogP contribution in [0.4, 0.5) is 21.7 Å². The molecule has 1 N–H and O–H groups in total. The zero-order chi connectivity index (χ0) is 19.0. The molecule has 0 radical (unpaired) electrons. The predicted octanol–water partition coefficient (Wildman–Crippen LogP) is 4.03. The zero-order valence-electron chi connectivity index (χ0n) is 15.0. The Bertz CT molecular complexity index is 1000. The van der Waals surface area contributed by atoms with Gasteiger partial charge in [0.25, 0.3) is 5.91 Å². The van der Waals surface area contributed by atoms with Crippen molar-refractivity contribution >= 4 is 34.6 Å². The number of amides is 1. The lowest BCUT2D eigenvalue weighted by Gasteiger charge is -2.25. The van der Waals surface area contributed by atoms with Crippen LogP contribution in [0.15, 0.2) is 30.3 Å². The van der Waals surface area contributed by atoms with Crippen molar-refractivity contribution in [3.63, 3.8) is 0 Å². The molecule has 0 bridgehead atoms. The smallest absolute Gasteiger partial charge is 0.284 e. The van der Waals surface area contributed by atoms with E-state index in [9.17, 15) is 9.18 Å². The predicted molar refractivity (Wildman–Crippen MR) is 103 cm³/mol. The lowest BCUT2D eigenvalue weighted by atomic mass is 10.2. The van der Waals surface area contributed by atoms with E-state index in [1.807, 2.05) is 24.0 Å². The third-order valence-electron chi connectivity index (χ3n) is 4.35. The second-order valence-corrected chi connectivity index (χ2v) is 7.57. The number of carbonyl (C=O) groups excluding carboxylic acids is 1. The molecule has 8 heteroatoms. The van der Waals surface area contributed by atoms with Crippen molar-refractivity contribution in [3.8, 4) is 0 Å². The maximum Gasteiger partial charge on any atom is 0.284 e. The fourth-order valence-corrected chi connectivity index (χ4v) is 3.98. The Kier molecular flexibility index (Phi) is 4.57. The molecule has 4 rings (SSSR count). The third-order valence-corrected chi connectivity index (χ3v) is 5.45. The number of hydrogen-bond donors (Lipinski definition) is 1. The van der Waals surface area contributed by atoms with Crippen molar-refractivity contribution in [1.29, 1.82) is 0 Å². The molecule has 1 aromatic carbocycles. The van der Waals surface area contributed by atoms with Gasteiger partial charge in [0.2, 0.25) is 0 Å². The van der Waals surface area contributed by atoms with E-state index < -0.39 is 11.7 Å². The quantitative estimate of drug-likeness (QED) is 0.739. The maximum atomic E-state index is 14.0. The van der Waals surface area contributed by atoms with Gasteiger partial charge < -0.3 is 10.2 Å². The normalized spacial score (nSPS) is 13.4. The maximum absolute atomic E-state index is 14.0. The molecule has 0 fully saturated rings. The molecule has 0 saturated heterocycles. The number of nitrogens with zero attached hydrogens (tertiary/aromatic N) is 4. The van der Waals surface area contributed by atoms with Gasteiger partial charge in [-0.05, 0) is 56.5 Å². The van der Waals surface area contributed by atoms with Crippen LogP contribution >= 0.6 is 11.3 Å². The van der Waals surface area contributed by atoms with E-state index in [1.54, 1.807) is 19.1 Å². The molecule has 1 aliphatic heterocycles. The van der Waals surface area contributed by atoms with E-state index in [4.69, 9.17) is 0 Å². The van der Waals surface area contributed by atoms with Crippen molar-refractivity contribution in [2.24, 2.45) is 0 Å². The number of fused-ring (bicyclic) bond motifs is 1. The van der Waals surface area contributed by atoms with E-state index in [0.29, 0.717) is 10.8 Å². The highest BCUT2D eigenvalue weighted by atomic mass is 32.1. The summed E-state index contributed by atoms with van der Waals surface area (Å²) in [6.45, 7) is 4.45. The first kappa shape index (κ1) is 17.5. The van der Waals surface area contributed by atoms with Crippen LogP contribution in [0.3, 0.4) is 0 Å². The zero-order valence-corrected chi connectivity index (χ0v) is 15.8. The molecule has 2 aromatic heterocycles. The second-order valence-electron chi connectivity index (χ2n) is 6.49. The fraction of sp³-hybridized carbons (Fsp3) is 0.263. The SMILES string of the molecule is Cc1ccc(NC(=O)c2nc3c(s2)CCCN3c2ccc(C)nn2)c(F)c1. The van der Waals surface area contributed by atoms with E-state index >= 15 is 0 Å². The molecule has 6 nitrogen and oxygen atoms in total. The summed E-state index contributed by atoms with van der Waals surface area (Å²) >= 11 is 1.34. The van der Waals surface area contributed by atoms with Crippen LogP contribution in [0.5, 0.6) is 0 Å². The Morgan fingerprint density at radius 3 is 2.81 bits per heavy atom. The summed E-state index contributed by atoms with van der Waals surface area (Å²) in [7, 11) is 0. The minimum absolute atomic E-state index is 0.153. The molecular weight excluding hydrogens is 365 g/mol. The molecule has 0 saturated carbocycles. The van der Waals surface area contributed by atoms with Crippen molar-refractivity contribution < 1.29 is 9.18 Å². The second kappa shape index (κ2) is 7.03. The van der Waals surface area contributed by atoms with Gasteiger partial charge in [0.05, 0.1) is 11.4 Å². The van der Waals surface area contributed by atoms with Crippen LogP contribution in [-0.4, -0.2) is 27.6 Å². The molecule has 3 aromatic rings. The van der Waals surface area contributed by atoms with Crippen LogP contribution in [0.2, 0.25) is 0 Å². The minimum atomic E-state index is -0.457. The molecule has 138 valence electrons. The first-order chi connectivity index (χ1) is 13.0. The number of aryl methyl sites for hydroxylation is 3. The van der Waals surface area contributed by atoms with Gasteiger partial charge in [0.1, 0.15) is 11.6 Å².